The number of hydrogen-bond acceptors (Lipinski definition) is 3. The van der Waals surface area contributed by atoms with Crippen LogP contribution in [0.3, 0.4) is 0 Å². The van der Waals surface area contributed by atoms with E-state index in [0.29, 0.717) is 6.04 Å². The number of rotatable bonds is 5. The second-order valence-electron chi connectivity index (χ2n) is 5.83. The number of fused-ring (bicyclic) bond motifs is 1. The number of ether oxygens (including phenoxy) is 1. The molecule has 1 aromatic carbocycles. The molecule has 2 aliphatic carbocycles. The van der Waals surface area contributed by atoms with Crippen molar-refractivity contribution in [3.63, 3.8) is 0 Å². The highest BCUT2D eigenvalue weighted by molar-refractivity contribution is 5.81. The van der Waals surface area contributed by atoms with Gasteiger partial charge in [-0.15, -0.1) is 0 Å². The third-order valence-corrected chi connectivity index (χ3v) is 4.20. The van der Waals surface area contributed by atoms with Gasteiger partial charge in [-0.05, 0) is 55.9 Å². The SMILES string of the molecule is COc1ccc2c(c1)C(NC(C)C(=O)NC1CC1)CC2. The smallest absolute Gasteiger partial charge is 0.237 e. The fraction of sp³-hybridized carbons (Fsp3) is 0.562. The van der Waals surface area contributed by atoms with Crippen LogP contribution < -0.4 is 15.4 Å². The average Bonchev–Trinajstić information content (AvgIpc) is 3.19. The van der Waals surface area contributed by atoms with Crippen molar-refractivity contribution in [1.82, 2.24) is 10.6 Å². The predicted molar refractivity (Wildman–Crippen MR) is 77.8 cm³/mol. The number of carbonyl (C=O) groups is 1. The standard InChI is InChI=1S/C16H22N2O2/c1-10(16(19)18-12-5-6-12)17-15-8-4-11-3-7-13(20-2)9-14(11)15/h3,7,9-10,12,15,17H,4-6,8H2,1-2H3,(H,18,19). The Hall–Kier alpha value is -1.55. The largest absolute Gasteiger partial charge is 0.497 e. The van der Waals surface area contributed by atoms with Crippen molar-refractivity contribution in [3.8, 4) is 5.75 Å². The highest BCUT2D eigenvalue weighted by Crippen LogP contribution is 2.34. The minimum atomic E-state index is -0.155. The Morgan fingerprint density at radius 1 is 1.35 bits per heavy atom. The monoisotopic (exact) mass is 274 g/mol. The van der Waals surface area contributed by atoms with Crippen molar-refractivity contribution >= 4 is 5.91 Å². The Labute approximate surface area is 119 Å². The normalized spacial score (nSPS) is 22.2. The summed E-state index contributed by atoms with van der Waals surface area (Å²) < 4.78 is 5.29. The lowest BCUT2D eigenvalue weighted by Gasteiger charge is -2.20. The Kier molecular flexibility index (Phi) is 3.66. The van der Waals surface area contributed by atoms with Crippen LogP contribution in [0.15, 0.2) is 18.2 Å². The van der Waals surface area contributed by atoms with Crippen molar-refractivity contribution in [1.29, 1.82) is 0 Å². The zero-order valence-electron chi connectivity index (χ0n) is 12.1. The molecule has 3 rings (SSSR count). The zero-order chi connectivity index (χ0) is 14.1. The van der Waals surface area contributed by atoms with Crippen LogP contribution in [0, 0.1) is 0 Å². The van der Waals surface area contributed by atoms with E-state index in [-0.39, 0.29) is 18.0 Å². The molecule has 0 bridgehead atoms. The molecule has 2 aliphatic rings. The zero-order valence-corrected chi connectivity index (χ0v) is 12.1. The van der Waals surface area contributed by atoms with Crippen LogP contribution in [0.4, 0.5) is 0 Å². The van der Waals surface area contributed by atoms with Crippen molar-refractivity contribution in [2.75, 3.05) is 7.11 Å². The van der Waals surface area contributed by atoms with Gasteiger partial charge < -0.3 is 10.1 Å². The molecule has 1 aromatic rings. The minimum absolute atomic E-state index is 0.115. The molecule has 0 spiro atoms. The molecule has 4 nitrogen and oxygen atoms in total. The molecule has 0 radical (unpaired) electrons. The fourth-order valence-electron chi connectivity index (χ4n) is 2.81. The maximum Gasteiger partial charge on any atom is 0.237 e. The van der Waals surface area contributed by atoms with Gasteiger partial charge >= 0.3 is 0 Å². The summed E-state index contributed by atoms with van der Waals surface area (Å²) in [6, 6.07) is 6.74. The highest BCUT2D eigenvalue weighted by atomic mass is 16.5. The van der Waals surface area contributed by atoms with E-state index in [1.54, 1.807) is 7.11 Å². The molecule has 0 heterocycles. The molecule has 108 valence electrons. The van der Waals surface area contributed by atoms with Gasteiger partial charge in [0.2, 0.25) is 5.91 Å². The second kappa shape index (κ2) is 5.44. The van der Waals surface area contributed by atoms with Crippen LogP contribution in [0.2, 0.25) is 0 Å². The van der Waals surface area contributed by atoms with Gasteiger partial charge in [0.25, 0.3) is 0 Å². The minimum Gasteiger partial charge on any atom is -0.497 e. The summed E-state index contributed by atoms with van der Waals surface area (Å²) in [5, 5.41) is 6.50. The fourth-order valence-corrected chi connectivity index (χ4v) is 2.81. The van der Waals surface area contributed by atoms with E-state index < -0.39 is 0 Å². The third kappa shape index (κ3) is 2.80. The van der Waals surface area contributed by atoms with E-state index >= 15 is 0 Å². The van der Waals surface area contributed by atoms with Crippen molar-refractivity contribution in [2.24, 2.45) is 0 Å². The number of benzene rings is 1. The van der Waals surface area contributed by atoms with Gasteiger partial charge in [-0.2, -0.15) is 0 Å². The highest BCUT2D eigenvalue weighted by Gasteiger charge is 2.29. The van der Waals surface area contributed by atoms with E-state index in [9.17, 15) is 4.79 Å². The quantitative estimate of drug-likeness (QED) is 0.862. The van der Waals surface area contributed by atoms with Crippen LogP contribution in [-0.2, 0) is 11.2 Å². The lowest BCUT2D eigenvalue weighted by atomic mass is 10.1. The first-order valence-corrected chi connectivity index (χ1v) is 7.40. The molecule has 0 aromatic heterocycles. The van der Waals surface area contributed by atoms with Crippen molar-refractivity contribution in [3.05, 3.63) is 29.3 Å². The van der Waals surface area contributed by atoms with Crippen LogP contribution >= 0.6 is 0 Å². The molecular weight excluding hydrogens is 252 g/mol. The summed E-state index contributed by atoms with van der Waals surface area (Å²) in [7, 11) is 1.69. The van der Waals surface area contributed by atoms with E-state index in [1.165, 1.54) is 11.1 Å². The molecule has 2 unspecified atom stereocenters. The van der Waals surface area contributed by atoms with E-state index in [0.717, 1.165) is 31.4 Å². The van der Waals surface area contributed by atoms with Gasteiger partial charge in [-0.25, -0.2) is 0 Å². The molecule has 0 saturated heterocycles. The van der Waals surface area contributed by atoms with E-state index in [4.69, 9.17) is 4.74 Å². The van der Waals surface area contributed by atoms with Gasteiger partial charge in [-0.3, -0.25) is 10.1 Å². The van der Waals surface area contributed by atoms with Gasteiger partial charge in [0, 0.05) is 12.1 Å². The molecule has 0 aliphatic heterocycles. The average molecular weight is 274 g/mol. The number of methoxy groups -OCH3 is 1. The molecule has 1 fully saturated rings. The predicted octanol–water partition coefficient (Wildman–Crippen LogP) is 1.94. The summed E-state index contributed by atoms with van der Waals surface area (Å²) in [6.07, 6.45) is 4.36. The second-order valence-corrected chi connectivity index (χ2v) is 5.83. The number of hydrogen-bond donors (Lipinski definition) is 2. The van der Waals surface area contributed by atoms with Crippen LogP contribution in [-0.4, -0.2) is 25.1 Å². The molecular formula is C16H22N2O2. The Morgan fingerprint density at radius 2 is 2.15 bits per heavy atom. The van der Waals surface area contributed by atoms with Crippen LogP contribution in [0.25, 0.3) is 0 Å². The molecule has 20 heavy (non-hydrogen) atoms. The Balaban J connectivity index is 1.65. The third-order valence-electron chi connectivity index (χ3n) is 4.20. The summed E-state index contributed by atoms with van der Waals surface area (Å²) in [6.45, 7) is 1.94. The maximum atomic E-state index is 12.0. The number of carbonyl (C=O) groups excluding carboxylic acids is 1. The first-order chi connectivity index (χ1) is 9.67. The topological polar surface area (TPSA) is 50.4 Å². The molecule has 1 saturated carbocycles. The molecule has 4 heteroatoms. The Bertz CT molecular complexity index is 511. The van der Waals surface area contributed by atoms with Crippen molar-refractivity contribution in [2.45, 2.75) is 50.7 Å². The lowest BCUT2D eigenvalue weighted by molar-refractivity contribution is -0.123. The molecule has 1 amide bonds. The molecule has 2 atom stereocenters. The van der Waals surface area contributed by atoms with Gasteiger partial charge in [0.15, 0.2) is 0 Å². The number of amides is 1. The van der Waals surface area contributed by atoms with Crippen LogP contribution in [0.5, 0.6) is 5.75 Å². The summed E-state index contributed by atoms with van der Waals surface area (Å²) in [5.74, 6) is 0.997. The maximum absolute atomic E-state index is 12.0. The van der Waals surface area contributed by atoms with Gasteiger partial charge in [0.1, 0.15) is 5.75 Å². The van der Waals surface area contributed by atoms with Crippen molar-refractivity contribution < 1.29 is 9.53 Å². The van der Waals surface area contributed by atoms with Gasteiger partial charge in [-0.1, -0.05) is 6.07 Å². The number of aryl methyl sites for hydroxylation is 1. The Morgan fingerprint density at radius 3 is 2.85 bits per heavy atom. The van der Waals surface area contributed by atoms with E-state index in [1.807, 2.05) is 13.0 Å². The summed E-state index contributed by atoms with van der Waals surface area (Å²) in [5.41, 5.74) is 2.63. The lowest BCUT2D eigenvalue weighted by Crippen LogP contribution is -2.44. The van der Waals surface area contributed by atoms with Crippen LogP contribution in [0.1, 0.15) is 43.4 Å². The summed E-state index contributed by atoms with van der Waals surface area (Å²) in [4.78, 5) is 12.0. The number of nitrogens with one attached hydrogen (secondary N) is 2. The first kappa shape index (κ1) is 13.4. The first-order valence-electron chi connectivity index (χ1n) is 7.40. The van der Waals surface area contributed by atoms with Gasteiger partial charge in [0.05, 0.1) is 13.2 Å². The molecule has 2 N–H and O–H groups in total. The summed E-state index contributed by atoms with van der Waals surface area (Å²) >= 11 is 0. The van der Waals surface area contributed by atoms with E-state index in [2.05, 4.69) is 22.8 Å².